The molecule has 1 N–H and O–H groups in total. The molecule has 0 heterocycles. The van der Waals surface area contributed by atoms with Gasteiger partial charge in [0.05, 0.1) is 17.7 Å². The minimum Gasteiger partial charge on any atom is -0.494 e. The Hall–Kier alpha value is -3.10. The summed E-state index contributed by atoms with van der Waals surface area (Å²) in [6.07, 6.45) is 0. The third kappa shape index (κ3) is 4.55. The van der Waals surface area contributed by atoms with Gasteiger partial charge >= 0.3 is 0 Å². The van der Waals surface area contributed by atoms with Crippen LogP contribution in [-0.4, -0.2) is 28.5 Å². The van der Waals surface area contributed by atoms with E-state index in [0.717, 1.165) is 10.4 Å². The first-order chi connectivity index (χ1) is 14.2. The standard InChI is InChI=1S/C21H18ClFN2O4S/c1-25(17-7-4-6-15(22)12-17)30(27,28)18-8-3-5-14(11-18)21(26)24-16-9-10-20(29-2)19(23)13-16/h3-13H,1-2H3,(H,24,26). The summed E-state index contributed by atoms with van der Waals surface area (Å²) in [7, 11) is -1.20. The Balaban J connectivity index is 1.86. The molecule has 30 heavy (non-hydrogen) atoms. The summed E-state index contributed by atoms with van der Waals surface area (Å²) in [5.74, 6) is -1.16. The molecule has 0 aliphatic carbocycles. The van der Waals surface area contributed by atoms with E-state index in [9.17, 15) is 17.6 Å². The van der Waals surface area contributed by atoms with Gasteiger partial charge < -0.3 is 10.1 Å². The summed E-state index contributed by atoms with van der Waals surface area (Å²) < 4.78 is 45.7. The third-order valence-electron chi connectivity index (χ3n) is 4.34. The molecule has 3 rings (SSSR count). The van der Waals surface area contributed by atoms with Gasteiger partial charge in [-0.05, 0) is 48.5 Å². The van der Waals surface area contributed by atoms with E-state index in [1.165, 1.54) is 56.6 Å². The lowest BCUT2D eigenvalue weighted by molar-refractivity contribution is 0.102. The molecule has 156 valence electrons. The fourth-order valence-electron chi connectivity index (χ4n) is 2.71. The number of amides is 1. The minimum atomic E-state index is -3.94. The Morgan fingerprint density at radius 2 is 1.80 bits per heavy atom. The molecule has 0 saturated heterocycles. The SMILES string of the molecule is COc1ccc(NC(=O)c2cccc(S(=O)(=O)N(C)c3cccc(Cl)c3)c2)cc1F. The zero-order valence-corrected chi connectivity index (χ0v) is 17.7. The first-order valence-electron chi connectivity index (χ1n) is 8.72. The van der Waals surface area contributed by atoms with Gasteiger partial charge in [-0.3, -0.25) is 9.10 Å². The Labute approximate surface area is 178 Å². The molecule has 0 saturated carbocycles. The van der Waals surface area contributed by atoms with Crippen LogP contribution >= 0.6 is 11.6 Å². The maximum atomic E-state index is 13.8. The molecule has 0 aromatic heterocycles. The van der Waals surface area contributed by atoms with Crippen LogP contribution in [0.5, 0.6) is 5.75 Å². The fraction of sp³-hybridized carbons (Fsp3) is 0.0952. The summed E-state index contributed by atoms with van der Waals surface area (Å²) in [6.45, 7) is 0. The van der Waals surface area contributed by atoms with E-state index >= 15 is 0 Å². The largest absolute Gasteiger partial charge is 0.494 e. The lowest BCUT2D eigenvalue weighted by atomic mass is 10.2. The first-order valence-corrected chi connectivity index (χ1v) is 10.5. The highest BCUT2D eigenvalue weighted by Crippen LogP contribution is 2.26. The Bertz CT molecular complexity index is 1200. The molecule has 0 fully saturated rings. The van der Waals surface area contributed by atoms with Crippen LogP contribution in [0.15, 0.2) is 71.6 Å². The van der Waals surface area contributed by atoms with Crippen LogP contribution in [0.1, 0.15) is 10.4 Å². The summed E-state index contributed by atoms with van der Waals surface area (Å²) in [5.41, 5.74) is 0.695. The molecule has 9 heteroatoms. The van der Waals surface area contributed by atoms with Gasteiger partial charge in [0.2, 0.25) is 0 Å². The molecule has 3 aromatic carbocycles. The molecule has 0 atom stereocenters. The van der Waals surface area contributed by atoms with Gasteiger partial charge in [0.15, 0.2) is 11.6 Å². The number of benzene rings is 3. The van der Waals surface area contributed by atoms with Gasteiger partial charge in [-0.2, -0.15) is 0 Å². The maximum Gasteiger partial charge on any atom is 0.264 e. The Morgan fingerprint density at radius 3 is 2.47 bits per heavy atom. The molecule has 0 aliphatic heterocycles. The van der Waals surface area contributed by atoms with E-state index in [1.54, 1.807) is 18.2 Å². The number of rotatable bonds is 6. The van der Waals surface area contributed by atoms with E-state index in [2.05, 4.69) is 5.32 Å². The lowest BCUT2D eigenvalue weighted by Gasteiger charge is -2.20. The number of hydrogen-bond acceptors (Lipinski definition) is 4. The molecule has 1 amide bonds. The van der Waals surface area contributed by atoms with Gasteiger partial charge in [-0.1, -0.05) is 23.7 Å². The third-order valence-corrected chi connectivity index (χ3v) is 6.35. The number of nitrogens with one attached hydrogen (secondary N) is 1. The number of halogens is 2. The predicted octanol–water partition coefficient (Wildman–Crippen LogP) is 4.57. The van der Waals surface area contributed by atoms with Crippen molar-refractivity contribution in [3.8, 4) is 5.75 Å². The number of sulfonamides is 1. The summed E-state index contributed by atoms with van der Waals surface area (Å²) in [6, 6.07) is 16.0. The second-order valence-electron chi connectivity index (χ2n) is 6.28. The van der Waals surface area contributed by atoms with Gasteiger partial charge in [-0.15, -0.1) is 0 Å². The summed E-state index contributed by atoms with van der Waals surface area (Å²) >= 11 is 5.95. The smallest absolute Gasteiger partial charge is 0.264 e. The molecule has 0 radical (unpaired) electrons. The van der Waals surface area contributed by atoms with Crippen molar-refractivity contribution in [3.63, 3.8) is 0 Å². The number of carbonyl (C=O) groups is 1. The zero-order valence-electron chi connectivity index (χ0n) is 16.1. The lowest BCUT2D eigenvalue weighted by Crippen LogP contribution is -2.26. The van der Waals surface area contributed by atoms with Crippen LogP contribution in [0.3, 0.4) is 0 Å². The normalized spacial score (nSPS) is 11.1. The molecule has 3 aromatic rings. The summed E-state index contributed by atoms with van der Waals surface area (Å²) in [4.78, 5) is 12.5. The average molecular weight is 449 g/mol. The molecule has 0 spiro atoms. The van der Waals surface area contributed by atoms with Crippen molar-refractivity contribution in [1.29, 1.82) is 0 Å². The highest BCUT2D eigenvalue weighted by Gasteiger charge is 2.22. The molecular weight excluding hydrogens is 431 g/mol. The van der Waals surface area contributed by atoms with Crippen molar-refractivity contribution in [2.75, 3.05) is 23.8 Å². The van der Waals surface area contributed by atoms with Gasteiger partial charge in [-0.25, -0.2) is 12.8 Å². The molecule has 0 aliphatic rings. The molecule has 0 bridgehead atoms. The summed E-state index contributed by atoms with van der Waals surface area (Å²) in [5, 5.41) is 2.93. The van der Waals surface area contributed by atoms with Crippen molar-refractivity contribution in [2.45, 2.75) is 4.90 Å². The van der Waals surface area contributed by atoms with E-state index in [0.29, 0.717) is 10.7 Å². The van der Waals surface area contributed by atoms with Gasteiger partial charge in [0.25, 0.3) is 15.9 Å². The van der Waals surface area contributed by atoms with Crippen molar-refractivity contribution in [2.24, 2.45) is 0 Å². The van der Waals surface area contributed by atoms with Crippen molar-refractivity contribution in [1.82, 2.24) is 0 Å². The quantitative estimate of drug-likeness (QED) is 0.599. The number of nitrogens with zero attached hydrogens (tertiary/aromatic N) is 1. The van der Waals surface area contributed by atoms with Crippen LogP contribution < -0.4 is 14.4 Å². The number of hydrogen-bond donors (Lipinski definition) is 1. The van der Waals surface area contributed by atoms with E-state index in [1.807, 2.05) is 0 Å². The van der Waals surface area contributed by atoms with Crippen molar-refractivity contribution in [3.05, 3.63) is 83.1 Å². The average Bonchev–Trinajstić information content (AvgIpc) is 2.73. The van der Waals surface area contributed by atoms with Crippen molar-refractivity contribution < 1.29 is 22.3 Å². The Kier molecular flexibility index (Phi) is 6.28. The number of ether oxygens (including phenoxy) is 1. The van der Waals surface area contributed by atoms with E-state index in [-0.39, 0.29) is 21.9 Å². The number of methoxy groups -OCH3 is 1. The molecule has 6 nitrogen and oxygen atoms in total. The van der Waals surface area contributed by atoms with Crippen LogP contribution in [0, 0.1) is 5.82 Å². The van der Waals surface area contributed by atoms with Gasteiger partial charge in [0.1, 0.15) is 0 Å². The monoisotopic (exact) mass is 448 g/mol. The second-order valence-corrected chi connectivity index (χ2v) is 8.69. The number of anilines is 2. The fourth-order valence-corrected chi connectivity index (χ4v) is 4.13. The highest BCUT2D eigenvalue weighted by atomic mass is 35.5. The highest BCUT2D eigenvalue weighted by molar-refractivity contribution is 7.92. The zero-order chi connectivity index (χ0) is 21.9. The Morgan fingerprint density at radius 1 is 1.07 bits per heavy atom. The van der Waals surface area contributed by atoms with Crippen LogP contribution in [0.2, 0.25) is 5.02 Å². The predicted molar refractivity (Wildman–Crippen MR) is 114 cm³/mol. The van der Waals surface area contributed by atoms with Crippen LogP contribution in [0.25, 0.3) is 0 Å². The maximum absolute atomic E-state index is 13.8. The minimum absolute atomic E-state index is 0.0464. The first kappa shape index (κ1) is 21.6. The van der Waals surface area contributed by atoms with Crippen molar-refractivity contribution >= 4 is 38.9 Å². The van der Waals surface area contributed by atoms with E-state index in [4.69, 9.17) is 16.3 Å². The molecule has 0 unspecified atom stereocenters. The van der Waals surface area contributed by atoms with Crippen LogP contribution in [0.4, 0.5) is 15.8 Å². The second kappa shape index (κ2) is 8.73. The van der Waals surface area contributed by atoms with E-state index < -0.39 is 21.7 Å². The number of carbonyl (C=O) groups excluding carboxylic acids is 1. The molecular formula is C21H18ClFN2O4S. The van der Waals surface area contributed by atoms with Gasteiger partial charge in [0, 0.05) is 29.4 Å². The van der Waals surface area contributed by atoms with Crippen LogP contribution in [-0.2, 0) is 10.0 Å². The topological polar surface area (TPSA) is 75.7 Å².